The van der Waals surface area contributed by atoms with E-state index in [2.05, 4.69) is 13.2 Å². The number of hydrogen-bond donors (Lipinski definition) is 1. The minimum Gasteiger partial charge on any atom is -0.394 e. The number of para-hydroxylation sites is 1. The summed E-state index contributed by atoms with van der Waals surface area (Å²) in [6.45, 7) is 13.5. The minimum absolute atomic E-state index is 0.121. The van der Waals surface area contributed by atoms with Crippen molar-refractivity contribution < 1.29 is 24.2 Å². The summed E-state index contributed by atoms with van der Waals surface area (Å²) in [4.78, 5) is 46.9. The highest BCUT2D eigenvalue weighted by molar-refractivity contribution is 6.03. The summed E-state index contributed by atoms with van der Waals surface area (Å²) in [6, 6.07) is 7.67. The molecule has 0 aliphatic carbocycles. The van der Waals surface area contributed by atoms with Gasteiger partial charge in [0.25, 0.3) is 0 Å². The third kappa shape index (κ3) is 3.96. The number of ether oxygens (including phenoxy) is 1. The molecule has 2 bridgehead atoms. The summed E-state index contributed by atoms with van der Waals surface area (Å²) < 4.78 is 6.53. The van der Waals surface area contributed by atoms with Gasteiger partial charge in [-0.05, 0) is 45.7 Å². The molecule has 3 aliphatic rings. The molecule has 2 unspecified atom stereocenters. The van der Waals surface area contributed by atoms with Gasteiger partial charge in [0.2, 0.25) is 17.7 Å². The topological polar surface area (TPSA) is 90.4 Å². The number of aliphatic hydroxyl groups is 1. The Hall–Kier alpha value is -2.97. The number of aliphatic hydroxyl groups excluding tert-OH is 1. The van der Waals surface area contributed by atoms with Crippen LogP contribution in [0.5, 0.6) is 0 Å². The normalized spacial score (nSPS) is 29.2. The first-order valence-corrected chi connectivity index (χ1v) is 12.7. The second-order valence-electron chi connectivity index (χ2n) is 10.3. The standard InChI is InChI=1S/C28H37N3O5/c1-6-15-29(18(3)4)27(35)24-28-14-13-21(36-28)22(23(28)26(34)31(24)19(5)17-32)25(33)30(16-7-2)20-11-9-8-10-12-20/h6-12,18-19,21-24,32H,1-2,13-17H2,3-5H3/t19-,21+,22-,23+,24?,28?/m1/s1. The average Bonchev–Trinajstić information content (AvgIpc) is 3.52. The highest BCUT2D eigenvalue weighted by atomic mass is 16.5. The van der Waals surface area contributed by atoms with Gasteiger partial charge in [-0.1, -0.05) is 30.4 Å². The van der Waals surface area contributed by atoms with Crippen LogP contribution >= 0.6 is 0 Å². The number of amides is 3. The maximum absolute atomic E-state index is 14.0. The number of nitrogens with zero attached hydrogens (tertiary/aromatic N) is 3. The van der Waals surface area contributed by atoms with Crippen LogP contribution in [-0.2, 0) is 19.1 Å². The molecule has 8 nitrogen and oxygen atoms in total. The third-order valence-corrected chi connectivity index (χ3v) is 7.87. The molecule has 0 aromatic heterocycles. The molecule has 194 valence electrons. The van der Waals surface area contributed by atoms with E-state index in [1.165, 1.54) is 4.90 Å². The molecule has 1 aromatic carbocycles. The summed E-state index contributed by atoms with van der Waals surface area (Å²) >= 11 is 0. The van der Waals surface area contributed by atoms with Gasteiger partial charge in [0, 0.05) is 24.8 Å². The molecule has 3 heterocycles. The van der Waals surface area contributed by atoms with E-state index in [9.17, 15) is 19.5 Å². The zero-order valence-corrected chi connectivity index (χ0v) is 21.4. The number of rotatable bonds is 10. The van der Waals surface area contributed by atoms with Crippen molar-refractivity contribution in [2.24, 2.45) is 11.8 Å². The predicted octanol–water partition coefficient (Wildman–Crippen LogP) is 2.38. The van der Waals surface area contributed by atoms with Crippen molar-refractivity contribution in [1.82, 2.24) is 9.80 Å². The molecule has 36 heavy (non-hydrogen) atoms. The van der Waals surface area contributed by atoms with Gasteiger partial charge < -0.3 is 24.5 Å². The first-order chi connectivity index (χ1) is 17.2. The average molecular weight is 496 g/mol. The third-order valence-electron chi connectivity index (χ3n) is 7.87. The Bertz CT molecular complexity index is 1030. The largest absolute Gasteiger partial charge is 0.394 e. The molecule has 6 atom stereocenters. The lowest BCUT2D eigenvalue weighted by atomic mass is 9.70. The molecule has 3 saturated heterocycles. The van der Waals surface area contributed by atoms with Gasteiger partial charge in [-0.25, -0.2) is 0 Å². The van der Waals surface area contributed by atoms with Crippen molar-refractivity contribution in [3.05, 3.63) is 55.6 Å². The second-order valence-corrected chi connectivity index (χ2v) is 10.3. The van der Waals surface area contributed by atoms with E-state index in [1.54, 1.807) is 28.9 Å². The number of carbonyl (C=O) groups excluding carboxylic acids is 3. The first-order valence-electron chi connectivity index (χ1n) is 12.7. The Morgan fingerprint density at radius 1 is 1.17 bits per heavy atom. The fourth-order valence-electron chi connectivity index (χ4n) is 6.31. The van der Waals surface area contributed by atoms with Gasteiger partial charge in [-0.15, -0.1) is 13.2 Å². The Kier molecular flexibility index (Phi) is 7.38. The molecular weight excluding hydrogens is 458 g/mol. The van der Waals surface area contributed by atoms with Crippen molar-refractivity contribution in [3.63, 3.8) is 0 Å². The smallest absolute Gasteiger partial charge is 0.248 e. The molecule has 3 aliphatic heterocycles. The van der Waals surface area contributed by atoms with E-state index in [1.807, 2.05) is 44.2 Å². The van der Waals surface area contributed by atoms with Crippen molar-refractivity contribution >= 4 is 23.4 Å². The molecule has 1 spiro atoms. The van der Waals surface area contributed by atoms with E-state index in [0.29, 0.717) is 25.9 Å². The van der Waals surface area contributed by atoms with Gasteiger partial charge >= 0.3 is 0 Å². The molecule has 3 fully saturated rings. The summed E-state index contributed by atoms with van der Waals surface area (Å²) in [5.74, 6) is -2.25. The molecule has 0 radical (unpaired) electrons. The van der Waals surface area contributed by atoms with Crippen LogP contribution in [0, 0.1) is 11.8 Å². The molecule has 3 amide bonds. The van der Waals surface area contributed by atoms with Crippen LogP contribution in [0.1, 0.15) is 33.6 Å². The molecular formula is C28H37N3O5. The van der Waals surface area contributed by atoms with Crippen LogP contribution in [0.4, 0.5) is 5.69 Å². The van der Waals surface area contributed by atoms with Crippen molar-refractivity contribution in [2.45, 2.75) is 63.4 Å². The lowest BCUT2D eigenvalue weighted by Gasteiger charge is -2.39. The Balaban J connectivity index is 1.77. The molecule has 0 saturated carbocycles. The maximum Gasteiger partial charge on any atom is 0.248 e. The van der Waals surface area contributed by atoms with E-state index < -0.39 is 35.6 Å². The number of benzene rings is 1. The summed E-state index contributed by atoms with van der Waals surface area (Å²) in [5.41, 5.74) is -0.386. The summed E-state index contributed by atoms with van der Waals surface area (Å²) in [7, 11) is 0. The van der Waals surface area contributed by atoms with Crippen molar-refractivity contribution in [3.8, 4) is 0 Å². The minimum atomic E-state index is -1.10. The molecule has 4 rings (SSSR count). The highest BCUT2D eigenvalue weighted by Gasteiger charge is 2.75. The number of anilines is 1. The first kappa shape index (κ1) is 26.1. The Morgan fingerprint density at radius 3 is 2.42 bits per heavy atom. The Morgan fingerprint density at radius 2 is 1.83 bits per heavy atom. The predicted molar refractivity (Wildman–Crippen MR) is 137 cm³/mol. The SMILES string of the molecule is C=CCN(C(=O)[C@@H]1[C@@H]2CCC3(O2)C(C(=O)N(CC=C)C(C)C)N([C@H](C)CO)C(=O)[C@H]13)c1ccccc1. The van der Waals surface area contributed by atoms with Gasteiger partial charge in [-0.3, -0.25) is 14.4 Å². The monoisotopic (exact) mass is 495 g/mol. The number of likely N-dealkylation sites (tertiary alicyclic amines) is 1. The fraction of sp³-hybridized carbons (Fsp3) is 0.536. The Labute approximate surface area is 213 Å². The lowest BCUT2D eigenvalue weighted by Crippen LogP contribution is -2.59. The number of fused-ring (bicyclic) bond motifs is 1. The maximum atomic E-state index is 14.0. The summed E-state index contributed by atoms with van der Waals surface area (Å²) in [5, 5.41) is 10.0. The molecule has 8 heteroatoms. The van der Waals surface area contributed by atoms with Gasteiger partial charge in [0.15, 0.2) is 0 Å². The second kappa shape index (κ2) is 10.2. The van der Waals surface area contributed by atoms with Crippen molar-refractivity contribution in [1.29, 1.82) is 0 Å². The lowest BCUT2D eigenvalue weighted by molar-refractivity contribution is -0.151. The van der Waals surface area contributed by atoms with E-state index in [0.717, 1.165) is 5.69 Å². The van der Waals surface area contributed by atoms with Gasteiger partial charge in [0.1, 0.15) is 11.6 Å². The van der Waals surface area contributed by atoms with Crippen LogP contribution in [0.2, 0.25) is 0 Å². The van der Waals surface area contributed by atoms with Crippen LogP contribution in [-0.4, -0.2) is 82.2 Å². The van der Waals surface area contributed by atoms with Crippen LogP contribution in [0.25, 0.3) is 0 Å². The molecule has 1 aromatic rings. The zero-order valence-electron chi connectivity index (χ0n) is 21.4. The van der Waals surface area contributed by atoms with Gasteiger partial charge in [-0.2, -0.15) is 0 Å². The fourth-order valence-corrected chi connectivity index (χ4v) is 6.31. The van der Waals surface area contributed by atoms with E-state index in [4.69, 9.17) is 4.74 Å². The van der Waals surface area contributed by atoms with Gasteiger partial charge in [0.05, 0.1) is 30.6 Å². The number of hydrogen-bond acceptors (Lipinski definition) is 5. The van der Waals surface area contributed by atoms with E-state index in [-0.39, 0.29) is 30.4 Å². The quantitative estimate of drug-likeness (QED) is 0.504. The highest BCUT2D eigenvalue weighted by Crippen LogP contribution is 2.59. The molecule has 1 N–H and O–H groups in total. The van der Waals surface area contributed by atoms with E-state index >= 15 is 0 Å². The number of carbonyl (C=O) groups is 3. The van der Waals surface area contributed by atoms with Crippen LogP contribution in [0.3, 0.4) is 0 Å². The van der Waals surface area contributed by atoms with Crippen molar-refractivity contribution in [2.75, 3.05) is 24.6 Å². The summed E-state index contributed by atoms with van der Waals surface area (Å²) in [6.07, 6.45) is 3.97. The zero-order chi connectivity index (χ0) is 26.2. The van der Waals surface area contributed by atoms with Crippen LogP contribution < -0.4 is 4.90 Å². The van der Waals surface area contributed by atoms with Crippen LogP contribution in [0.15, 0.2) is 55.6 Å².